The molecule has 2 aliphatic rings. The normalized spacial score (nSPS) is 28.2. The van der Waals surface area contributed by atoms with Gasteiger partial charge in [0.15, 0.2) is 5.78 Å². The molecule has 0 amide bonds. The number of ketones is 1. The molecule has 1 unspecified atom stereocenters. The van der Waals surface area contributed by atoms with Gasteiger partial charge in [-0.15, -0.1) is 0 Å². The molecule has 0 bridgehead atoms. The Hall–Kier alpha value is -1.37. The second-order valence-electron chi connectivity index (χ2n) is 5.49. The van der Waals surface area contributed by atoms with Gasteiger partial charge in [0.05, 0.1) is 0 Å². The Morgan fingerprint density at radius 3 is 2.71 bits per heavy atom. The van der Waals surface area contributed by atoms with E-state index in [-0.39, 0.29) is 5.41 Å². The van der Waals surface area contributed by atoms with Crippen molar-refractivity contribution in [3.05, 3.63) is 47.5 Å². The van der Waals surface area contributed by atoms with E-state index in [1.165, 1.54) is 17.6 Å². The Labute approximate surface area is 103 Å². The molecule has 2 aliphatic carbocycles. The molecule has 0 aromatic heterocycles. The lowest BCUT2D eigenvalue weighted by Gasteiger charge is -2.28. The standard InChI is InChI=1S/C16H18O/c1-12-5-4-9-16(12)10-8-13-6-2-3-7-14(13)15(17)11-16/h2-3,6-7H,1,4-5,8-11H2. The minimum absolute atomic E-state index is 0.121. The minimum Gasteiger partial charge on any atom is -0.294 e. The molecule has 0 radical (unpaired) electrons. The zero-order valence-electron chi connectivity index (χ0n) is 10.2. The summed E-state index contributed by atoms with van der Waals surface area (Å²) in [6, 6.07) is 8.09. The van der Waals surface area contributed by atoms with Crippen molar-refractivity contribution in [3.8, 4) is 0 Å². The first kappa shape index (κ1) is 10.8. The van der Waals surface area contributed by atoms with Crippen molar-refractivity contribution in [1.29, 1.82) is 0 Å². The lowest BCUT2D eigenvalue weighted by Crippen LogP contribution is -2.21. The highest BCUT2D eigenvalue weighted by Crippen LogP contribution is 2.50. The first-order chi connectivity index (χ1) is 8.21. The van der Waals surface area contributed by atoms with Crippen molar-refractivity contribution in [2.24, 2.45) is 5.41 Å². The van der Waals surface area contributed by atoms with Gasteiger partial charge in [-0.05, 0) is 43.1 Å². The van der Waals surface area contributed by atoms with Crippen LogP contribution in [-0.4, -0.2) is 5.78 Å². The smallest absolute Gasteiger partial charge is 0.164 e. The maximum Gasteiger partial charge on any atom is 0.164 e. The zero-order valence-corrected chi connectivity index (χ0v) is 10.2. The van der Waals surface area contributed by atoms with Crippen molar-refractivity contribution in [2.75, 3.05) is 0 Å². The fourth-order valence-electron chi connectivity index (χ4n) is 3.47. The third-order valence-corrected chi connectivity index (χ3v) is 4.57. The molecule has 1 aromatic rings. The molecule has 0 heterocycles. The van der Waals surface area contributed by atoms with Gasteiger partial charge in [-0.25, -0.2) is 0 Å². The number of carbonyl (C=O) groups excluding carboxylic acids is 1. The van der Waals surface area contributed by atoms with E-state index in [1.54, 1.807) is 0 Å². The number of carbonyl (C=O) groups is 1. The average molecular weight is 226 g/mol. The minimum atomic E-state index is 0.121. The number of allylic oxidation sites excluding steroid dienone is 1. The van der Waals surface area contributed by atoms with Crippen LogP contribution < -0.4 is 0 Å². The first-order valence-corrected chi connectivity index (χ1v) is 6.51. The van der Waals surface area contributed by atoms with E-state index in [2.05, 4.69) is 12.6 Å². The van der Waals surface area contributed by atoms with Gasteiger partial charge < -0.3 is 0 Å². The van der Waals surface area contributed by atoms with Crippen LogP contribution in [0.25, 0.3) is 0 Å². The highest BCUT2D eigenvalue weighted by molar-refractivity contribution is 5.98. The highest BCUT2D eigenvalue weighted by atomic mass is 16.1. The summed E-state index contributed by atoms with van der Waals surface area (Å²) in [7, 11) is 0. The molecule has 1 fully saturated rings. The summed E-state index contributed by atoms with van der Waals surface area (Å²) < 4.78 is 0. The Morgan fingerprint density at radius 2 is 1.94 bits per heavy atom. The van der Waals surface area contributed by atoms with Crippen LogP contribution in [0.5, 0.6) is 0 Å². The molecule has 17 heavy (non-hydrogen) atoms. The maximum atomic E-state index is 12.4. The van der Waals surface area contributed by atoms with Crippen LogP contribution in [0.1, 0.15) is 48.0 Å². The second-order valence-corrected chi connectivity index (χ2v) is 5.49. The largest absolute Gasteiger partial charge is 0.294 e. The lowest BCUT2D eigenvalue weighted by molar-refractivity contribution is 0.0936. The van der Waals surface area contributed by atoms with Crippen LogP contribution in [0.15, 0.2) is 36.4 Å². The fraction of sp³-hybridized carbons (Fsp3) is 0.438. The molecule has 1 aromatic carbocycles. The third-order valence-electron chi connectivity index (χ3n) is 4.57. The molecule has 88 valence electrons. The topological polar surface area (TPSA) is 17.1 Å². The summed E-state index contributed by atoms with van der Waals surface area (Å²) >= 11 is 0. The third kappa shape index (κ3) is 1.65. The van der Waals surface area contributed by atoms with Crippen LogP contribution in [-0.2, 0) is 6.42 Å². The molecule has 3 rings (SSSR count). The molecule has 1 nitrogen and oxygen atoms in total. The maximum absolute atomic E-state index is 12.4. The summed E-state index contributed by atoms with van der Waals surface area (Å²) in [6.45, 7) is 4.22. The Balaban J connectivity index is 2.00. The van der Waals surface area contributed by atoms with E-state index in [1.807, 2.05) is 18.2 Å². The molecular weight excluding hydrogens is 208 g/mol. The van der Waals surface area contributed by atoms with E-state index in [9.17, 15) is 4.79 Å². The van der Waals surface area contributed by atoms with Crippen molar-refractivity contribution in [1.82, 2.24) is 0 Å². The lowest BCUT2D eigenvalue weighted by atomic mass is 9.76. The Kier molecular flexibility index (Phi) is 2.43. The number of fused-ring (bicyclic) bond motifs is 1. The van der Waals surface area contributed by atoms with Gasteiger partial charge in [0.1, 0.15) is 0 Å². The van der Waals surface area contributed by atoms with Gasteiger partial charge in [-0.2, -0.15) is 0 Å². The van der Waals surface area contributed by atoms with Crippen LogP contribution in [0.3, 0.4) is 0 Å². The van der Waals surface area contributed by atoms with Gasteiger partial charge in [0.2, 0.25) is 0 Å². The molecular formula is C16H18O. The molecule has 0 aliphatic heterocycles. The molecule has 0 N–H and O–H groups in total. The van der Waals surface area contributed by atoms with E-state index in [0.29, 0.717) is 12.2 Å². The summed E-state index contributed by atoms with van der Waals surface area (Å²) in [4.78, 5) is 12.4. The van der Waals surface area contributed by atoms with Gasteiger partial charge in [0.25, 0.3) is 0 Å². The van der Waals surface area contributed by atoms with Gasteiger partial charge in [-0.3, -0.25) is 4.79 Å². The van der Waals surface area contributed by atoms with E-state index >= 15 is 0 Å². The summed E-state index contributed by atoms with van der Waals surface area (Å²) in [6.07, 6.45) is 6.30. The second kappa shape index (κ2) is 3.83. The number of rotatable bonds is 0. The van der Waals surface area contributed by atoms with Gasteiger partial charge in [-0.1, -0.05) is 36.4 Å². The fourth-order valence-corrected chi connectivity index (χ4v) is 3.47. The van der Waals surface area contributed by atoms with Crippen LogP contribution in [0.2, 0.25) is 0 Å². The predicted molar refractivity (Wildman–Crippen MR) is 69.1 cm³/mol. The van der Waals surface area contributed by atoms with E-state index in [0.717, 1.165) is 31.2 Å². The predicted octanol–water partition coefficient (Wildman–Crippen LogP) is 3.93. The van der Waals surface area contributed by atoms with Crippen LogP contribution in [0, 0.1) is 5.41 Å². The molecule has 1 saturated carbocycles. The summed E-state index contributed by atoms with van der Waals surface area (Å²) in [5.74, 6) is 0.321. The molecule has 1 atom stereocenters. The number of hydrogen-bond acceptors (Lipinski definition) is 1. The van der Waals surface area contributed by atoms with E-state index in [4.69, 9.17) is 0 Å². The molecule has 1 spiro atoms. The van der Waals surface area contributed by atoms with Gasteiger partial charge in [0, 0.05) is 12.0 Å². The quantitative estimate of drug-likeness (QED) is 0.612. The van der Waals surface area contributed by atoms with Gasteiger partial charge >= 0.3 is 0 Å². The first-order valence-electron chi connectivity index (χ1n) is 6.51. The van der Waals surface area contributed by atoms with Crippen molar-refractivity contribution < 1.29 is 4.79 Å². The summed E-state index contributed by atoms with van der Waals surface area (Å²) in [5.41, 5.74) is 3.62. The SMILES string of the molecule is C=C1CCCC12CCc1ccccc1C(=O)C2. The zero-order chi connectivity index (χ0) is 11.9. The number of benzene rings is 1. The average Bonchev–Trinajstić information content (AvgIpc) is 2.61. The van der Waals surface area contributed by atoms with Crippen molar-refractivity contribution in [3.63, 3.8) is 0 Å². The van der Waals surface area contributed by atoms with E-state index < -0.39 is 0 Å². The van der Waals surface area contributed by atoms with Crippen molar-refractivity contribution in [2.45, 2.75) is 38.5 Å². The Morgan fingerprint density at radius 1 is 1.12 bits per heavy atom. The number of Topliss-reactive ketones (excluding diaryl/α,β-unsaturated/α-hetero) is 1. The van der Waals surface area contributed by atoms with Crippen LogP contribution >= 0.6 is 0 Å². The molecule has 0 saturated heterocycles. The monoisotopic (exact) mass is 226 g/mol. The summed E-state index contributed by atoms with van der Waals surface area (Å²) in [5, 5.41) is 0. The number of aryl methyl sites for hydroxylation is 1. The molecule has 1 heteroatoms. The van der Waals surface area contributed by atoms with Crippen molar-refractivity contribution >= 4 is 5.78 Å². The Bertz CT molecular complexity index is 486. The highest BCUT2D eigenvalue weighted by Gasteiger charge is 2.40. The van der Waals surface area contributed by atoms with Crippen LogP contribution in [0.4, 0.5) is 0 Å². The number of hydrogen-bond donors (Lipinski definition) is 0.